The van der Waals surface area contributed by atoms with Crippen LogP contribution >= 0.6 is 0 Å². The van der Waals surface area contributed by atoms with Gasteiger partial charge in [-0.3, -0.25) is 0 Å². The number of nitrogens with zero attached hydrogens (tertiary/aromatic N) is 1. The highest BCUT2D eigenvalue weighted by molar-refractivity contribution is 5.96. The molecule has 4 aliphatic rings. The Morgan fingerprint density at radius 3 is 2.77 bits per heavy atom. The van der Waals surface area contributed by atoms with E-state index in [0.717, 1.165) is 48.6 Å². The maximum Gasteiger partial charge on any atom is 0.0795 e. The number of hydrogen-bond acceptors (Lipinski definition) is 3. The number of oxime groups is 1. The summed E-state index contributed by atoms with van der Waals surface area (Å²) < 4.78 is 0. The summed E-state index contributed by atoms with van der Waals surface area (Å²) >= 11 is 0. The molecule has 0 bridgehead atoms. The minimum Gasteiger partial charge on any atom is -0.411 e. The summed E-state index contributed by atoms with van der Waals surface area (Å²) in [5.41, 5.74) is 2.65. The summed E-state index contributed by atoms with van der Waals surface area (Å²) in [7, 11) is 0. The molecule has 0 heterocycles. The van der Waals surface area contributed by atoms with Crippen LogP contribution < -0.4 is 0 Å². The van der Waals surface area contributed by atoms with E-state index in [1.165, 1.54) is 38.5 Å². The Labute approximate surface area is 133 Å². The molecular weight excluding hydrogens is 274 g/mol. The van der Waals surface area contributed by atoms with E-state index in [9.17, 15) is 5.11 Å². The molecular formula is C19H29NO2. The zero-order valence-electron chi connectivity index (χ0n) is 13.7. The first-order valence-electron chi connectivity index (χ1n) is 9.29. The second-order valence-corrected chi connectivity index (χ2v) is 8.15. The molecule has 0 radical (unpaired) electrons. The third-order valence-corrected chi connectivity index (χ3v) is 7.77. The van der Waals surface area contributed by atoms with Crippen molar-refractivity contribution in [1.29, 1.82) is 0 Å². The molecule has 6 atom stereocenters. The largest absolute Gasteiger partial charge is 0.411 e. The fourth-order valence-corrected chi connectivity index (χ4v) is 6.73. The van der Waals surface area contributed by atoms with Crippen LogP contribution in [0.4, 0.5) is 0 Å². The second kappa shape index (κ2) is 5.36. The lowest BCUT2D eigenvalue weighted by Crippen LogP contribution is -2.48. The molecule has 2 N–H and O–H groups in total. The van der Waals surface area contributed by atoms with Gasteiger partial charge in [0.1, 0.15) is 0 Å². The summed E-state index contributed by atoms with van der Waals surface area (Å²) in [5.74, 6) is 3.10. The smallest absolute Gasteiger partial charge is 0.0795 e. The fourth-order valence-electron chi connectivity index (χ4n) is 6.73. The van der Waals surface area contributed by atoms with E-state index in [0.29, 0.717) is 0 Å². The predicted molar refractivity (Wildman–Crippen MR) is 86.9 cm³/mol. The van der Waals surface area contributed by atoms with Gasteiger partial charge in [0, 0.05) is 0 Å². The number of aliphatic hydroxyl groups is 1. The lowest BCUT2D eigenvalue weighted by Gasteiger charge is -2.54. The van der Waals surface area contributed by atoms with Gasteiger partial charge >= 0.3 is 0 Å². The second-order valence-electron chi connectivity index (χ2n) is 8.15. The van der Waals surface area contributed by atoms with E-state index in [4.69, 9.17) is 5.21 Å². The monoisotopic (exact) mass is 303 g/mol. The fraction of sp³-hybridized carbons (Fsp3) is 0.842. The topological polar surface area (TPSA) is 52.8 Å². The highest BCUT2D eigenvalue weighted by Gasteiger charge is 2.57. The van der Waals surface area contributed by atoms with Crippen molar-refractivity contribution in [2.75, 3.05) is 0 Å². The predicted octanol–water partition coefficient (Wildman–Crippen LogP) is 4.14. The molecule has 3 fully saturated rings. The Hall–Kier alpha value is -0.830. The van der Waals surface area contributed by atoms with Gasteiger partial charge in [-0.05, 0) is 93.0 Å². The Morgan fingerprint density at radius 1 is 1.14 bits per heavy atom. The zero-order valence-corrected chi connectivity index (χ0v) is 13.7. The van der Waals surface area contributed by atoms with Crippen molar-refractivity contribution in [2.24, 2.45) is 34.2 Å². The number of fused-ring (bicyclic) bond motifs is 5. The van der Waals surface area contributed by atoms with Crippen molar-refractivity contribution in [1.82, 2.24) is 0 Å². The number of rotatable bonds is 1. The van der Waals surface area contributed by atoms with Gasteiger partial charge in [-0.2, -0.15) is 0 Å². The lowest BCUT2D eigenvalue weighted by atomic mass is 9.51. The number of allylic oxidation sites excluding steroid dienone is 2. The van der Waals surface area contributed by atoms with E-state index < -0.39 is 0 Å². The van der Waals surface area contributed by atoms with Gasteiger partial charge in [-0.25, -0.2) is 0 Å². The van der Waals surface area contributed by atoms with Gasteiger partial charge in [-0.15, -0.1) is 0 Å². The summed E-state index contributed by atoms with van der Waals surface area (Å²) in [6.45, 7) is 2.29. The lowest BCUT2D eigenvalue weighted by molar-refractivity contribution is -0.0667. The first-order chi connectivity index (χ1) is 10.7. The standard InChI is InChI=1S/C19H29NO2/c1-2-19-10-9-15-14-6-4-13(20-22)11-12(14)3-5-16(15)17(19)7-8-18(19)21/h11,14-18,21-22H,2-10H2,1H3/t14-,15+,16+,17-,18-,19?/m0/s1. The summed E-state index contributed by atoms with van der Waals surface area (Å²) in [6.07, 6.45) is 12.6. The highest BCUT2D eigenvalue weighted by Crippen LogP contribution is 2.63. The molecule has 0 amide bonds. The van der Waals surface area contributed by atoms with Crippen molar-refractivity contribution in [2.45, 2.75) is 70.8 Å². The molecule has 3 heteroatoms. The van der Waals surface area contributed by atoms with Crippen LogP contribution in [0.1, 0.15) is 64.7 Å². The van der Waals surface area contributed by atoms with Crippen LogP contribution in [0.2, 0.25) is 0 Å². The Kier molecular flexibility index (Phi) is 3.60. The van der Waals surface area contributed by atoms with E-state index in [-0.39, 0.29) is 11.5 Å². The first-order valence-corrected chi connectivity index (χ1v) is 9.29. The van der Waals surface area contributed by atoms with Crippen molar-refractivity contribution >= 4 is 5.71 Å². The van der Waals surface area contributed by atoms with Gasteiger partial charge in [0.15, 0.2) is 0 Å². The molecule has 22 heavy (non-hydrogen) atoms. The molecule has 4 aliphatic carbocycles. The summed E-state index contributed by atoms with van der Waals surface area (Å²) in [5, 5.41) is 23.1. The van der Waals surface area contributed by atoms with Crippen LogP contribution in [0.3, 0.4) is 0 Å². The molecule has 1 unspecified atom stereocenters. The van der Waals surface area contributed by atoms with E-state index in [1.807, 2.05) is 0 Å². The number of hydrogen-bond donors (Lipinski definition) is 2. The van der Waals surface area contributed by atoms with Crippen LogP contribution in [0.25, 0.3) is 0 Å². The summed E-state index contributed by atoms with van der Waals surface area (Å²) in [4.78, 5) is 0. The average Bonchev–Trinajstić information content (AvgIpc) is 2.91. The van der Waals surface area contributed by atoms with Crippen molar-refractivity contribution < 1.29 is 10.3 Å². The van der Waals surface area contributed by atoms with Crippen LogP contribution in [0.15, 0.2) is 16.8 Å². The van der Waals surface area contributed by atoms with Gasteiger partial charge < -0.3 is 10.3 Å². The molecule has 0 spiro atoms. The Morgan fingerprint density at radius 2 is 2.00 bits per heavy atom. The molecule has 0 aromatic carbocycles. The molecule has 0 aliphatic heterocycles. The molecule has 4 rings (SSSR count). The van der Waals surface area contributed by atoms with Crippen molar-refractivity contribution in [3.8, 4) is 0 Å². The van der Waals surface area contributed by atoms with E-state index >= 15 is 0 Å². The van der Waals surface area contributed by atoms with Gasteiger partial charge in [-0.1, -0.05) is 17.7 Å². The molecule has 122 valence electrons. The average molecular weight is 303 g/mol. The van der Waals surface area contributed by atoms with Crippen molar-refractivity contribution in [3.63, 3.8) is 0 Å². The Bertz CT molecular complexity index is 512. The van der Waals surface area contributed by atoms with Crippen molar-refractivity contribution in [3.05, 3.63) is 11.6 Å². The van der Waals surface area contributed by atoms with E-state index in [2.05, 4.69) is 18.2 Å². The quantitative estimate of drug-likeness (QED) is 0.565. The minimum atomic E-state index is -0.0557. The molecule has 3 nitrogen and oxygen atoms in total. The summed E-state index contributed by atoms with van der Waals surface area (Å²) in [6, 6.07) is 0. The third-order valence-electron chi connectivity index (χ3n) is 7.77. The Balaban J connectivity index is 1.62. The van der Waals surface area contributed by atoms with Crippen LogP contribution in [0, 0.1) is 29.1 Å². The minimum absolute atomic E-state index is 0.0557. The first kappa shape index (κ1) is 14.7. The van der Waals surface area contributed by atoms with Crippen LogP contribution in [-0.2, 0) is 0 Å². The maximum absolute atomic E-state index is 10.6. The number of aliphatic hydroxyl groups excluding tert-OH is 1. The van der Waals surface area contributed by atoms with Crippen LogP contribution in [-0.4, -0.2) is 22.1 Å². The third kappa shape index (κ3) is 1.94. The molecule has 0 aromatic heterocycles. The van der Waals surface area contributed by atoms with Gasteiger partial charge in [0.05, 0.1) is 11.8 Å². The zero-order chi connectivity index (χ0) is 15.3. The molecule has 0 aromatic rings. The highest BCUT2D eigenvalue weighted by atomic mass is 16.4. The molecule has 0 saturated heterocycles. The van der Waals surface area contributed by atoms with Gasteiger partial charge in [0.25, 0.3) is 0 Å². The molecule has 3 saturated carbocycles. The normalized spacial score (nSPS) is 49.3. The maximum atomic E-state index is 10.6. The van der Waals surface area contributed by atoms with Gasteiger partial charge in [0.2, 0.25) is 0 Å². The SMILES string of the molecule is CCC12CC[C@H]3[C@@H](CCC4=CC(=NO)CC[C@@H]43)[C@@H]1CC[C@@H]2O. The van der Waals surface area contributed by atoms with Crippen LogP contribution in [0.5, 0.6) is 0 Å². The van der Waals surface area contributed by atoms with E-state index in [1.54, 1.807) is 5.57 Å².